The lowest BCUT2D eigenvalue weighted by atomic mass is 9.97. The molecule has 4 rings (SSSR count). The summed E-state index contributed by atoms with van der Waals surface area (Å²) < 4.78 is 49.6. The van der Waals surface area contributed by atoms with E-state index in [1.54, 1.807) is 42.0 Å². The molecule has 2 unspecified atom stereocenters. The van der Waals surface area contributed by atoms with Gasteiger partial charge in [-0.3, -0.25) is 4.79 Å². The van der Waals surface area contributed by atoms with Crippen molar-refractivity contribution in [2.75, 3.05) is 13.1 Å². The van der Waals surface area contributed by atoms with Crippen LogP contribution in [0, 0.1) is 12.7 Å². The number of ether oxygens (including phenoxy) is 1. The molecule has 9 heteroatoms. The number of rotatable bonds is 7. The fourth-order valence-corrected chi connectivity index (χ4v) is 6.36. The van der Waals surface area contributed by atoms with Crippen molar-refractivity contribution in [2.45, 2.75) is 57.4 Å². The van der Waals surface area contributed by atoms with Gasteiger partial charge in [-0.1, -0.05) is 6.08 Å². The molecular formula is C24H29FN2O5S. The van der Waals surface area contributed by atoms with Crippen LogP contribution < -0.4 is 0 Å². The van der Waals surface area contributed by atoms with Gasteiger partial charge in [0.1, 0.15) is 18.1 Å². The van der Waals surface area contributed by atoms with Gasteiger partial charge in [0.2, 0.25) is 10.0 Å². The van der Waals surface area contributed by atoms with E-state index in [1.165, 1.54) is 10.4 Å². The number of halogens is 1. The van der Waals surface area contributed by atoms with E-state index in [2.05, 4.69) is 0 Å². The first kappa shape index (κ1) is 23.5. The molecular weight excluding hydrogens is 447 g/mol. The molecule has 0 bridgehead atoms. The summed E-state index contributed by atoms with van der Waals surface area (Å²) in [6, 6.07) is 3.08. The van der Waals surface area contributed by atoms with E-state index in [-0.39, 0.29) is 30.9 Å². The van der Waals surface area contributed by atoms with Gasteiger partial charge in [0.25, 0.3) is 0 Å². The minimum absolute atomic E-state index is 0.0188. The van der Waals surface area contributed by atoms with Gasteiger partial charge >= 0.3 is 5.97 Å². The number of benzene rings is 1. The number of carboxylic acid groups (broad SMARTS) is 1. The summed E-state index contributed by atoms with van der Waals surface area (Å²) in [5.41, 5.74) is 1.87. The Balaban J connectivity index is 1.57. The van der Waals surface area contributed by atoms with Crippen LogP contribution in [0.2, 0.25) is 0 Å². The lowest BCUT2D eigenvalue weighted by Crippen LogP contribution is -2.36. The van der Waals surface area contributed by atoms with E-state index in [1.807, 2.05) is 13.8 Å². The van der Waals surface area contributed by atoms with Gasteiger partial charge < -0.3 is 14.4 Å². The molecule has 2 aliphatic rings. The molecule has 0 saturated carbocycles. The summed E-state index contributed by atoms with van der Waals surface area (Å²) >= 11 is 0. The monoisotopic (exact) mass is 476 g/mol. The van der Waals surface area contributed by atoms with Gasteiger partial charge in [-0.25, -0.2) is 17.1 Å². The summed E-state index contributed by atoms with van der Waals surface area (Å²) in [6.45, 7) is 5.89. The number of fused-ring (bicyclic) bond motifs is 1. The Hall–Kier alpha value is -2.65. The zero-order valence-electron chi connectivity index (χ0n) is 19.0. The maximum absolute atomic E-state index is 14.4. The molecule has 1 aliphatic heterocycles. The molecule has 0 amide bonds. The molecule has 33 heavy (non-hydrogen) atoms. The van der Waals surface area contributed by atoms with Gasteiger partial charge in [-0.15, -0.1) is 0 Å². The van der Waals surface area contributed by atoms with Crippen molar-refractivity contribution in [2.24, 2.45) is 0 Å². The van der Waals surface area contributed by atoms with Gasteiger partial charge in [0, 0.05) is 36.1 Å². The standard InChI is InChI=1S/C24H29FN2O5S/c1-15(2)32-18-4-6-19(7-5-18)33(30,31)27-9-8-17(12-27)21-13-26(14-24(28)29)23-10-16(3)22(25)11-20(21)23/h4-6,10-11,13,15,17,19H,7-9,12,14H2,1-3H3,(H,28,29). The second-order valence-corrected chi connectivity index (χ2v) is 11.2. The quantitative estimate of drug-likeness (QED) is 0.654. The number of sulfonamides is 1. The number of aromatic nitrogens is 1. The van der Waals surface area contributed by atoms with E-state index in [4.69, 9.17) is 4.74 Å². The molecule has 7 nitrogen and oxygen atoms in total. The molecule has 1 aromatic heterocycles. The van der Waals surface area contributed by atoms with Crippen molar-refractivity contribution in [1.29, 1.82) is 0 Å². The van der Waals surface area contributed by atoms with Gasteiger partial charge in [0.15, 0.2) is 0 Å². The summed E-state index contributed by atoms with van der Waals surface area (Å²) in [7, 11) is -3.56. The molecule has 1 saturated heterocycles. The van der Waals surface area contributed by atoms with E-state index in [0.29, 0.717) is 41.6 Å². The van der Waals surface area contributed by atoms with E-state index < -0.39 is 21.2 Å². The average Bonchev–Trinajstić information content (AvgIpc) is 3.34. The normalized spacial score (nSPS) is 21.7. The predicted molar refractivity (Wildman–Crippen MR) is 124 cm³/mol. The molecule has 2 heterocycles. The Labute approximate surface area is 193 Å². The highest BCUT2D eigenvalue weighted by molar-refractivity contribution is 7.89. The topological polar surface area (TPSA) is 88.8 Å². The molecule has 178 valence electrons. The van der Waals surface area contributed by atoms with Gasteiger partial charge in [0.05, 0.1) is 11.4 Å². The van der Waals surface area contributed by atoms with Crippen LogP contribution in [-0.2, 0) is 26.1 Å². The zero-order valence-corrected chi connectivity index (χ0v) is 19.8. The highest BCUT2D eigenvalue weighted by Crippen LogP contribution is 2.37. The van der Waals surface area contributed by atoms with Crippen LogP contribution in [0.4, 0.5) is 4.39 Å². The highest BCUT2D eigenvalue weighted by atomic mass is 32.2. The fraction of sp³-hybridized carbons (Fsp3) is 0.458. The lowest BCUT2D eigenvalue weighted by Gasteiger charge is -2.24. The zero-order chi connectivity index (χ0) is 23.9. The Morgan fingerprint density at radius 1 is 1.33 bits per heavy atom. The summed E-state index contributed by atoms with van der Waals surface area (Å²) in [6.07, 6.45) is 7.89. The number of carbonyl (C=O) groups is 1. The average molecular weight is 477 g/mol. The van der Waals surface area contributed by atoms with Crippen molar-refractivity contribution >= 4 is 26.9 Å². The molecule has 1 fully saturated rings. The van der Waals surface area contributed by atoms with Crippen molar-refractivity contribution in [3.8, 4) is 0 Å². The maximum atomic E-state index is 14.4. The first-order valence-corrected chi connectivity index (χ1v) is 12.6. The largest absolute Gasteiger partial charge is 0.491 e. The molecule has 1 aromatic carbocycles. The highest BCUT2D eigenvalue weighted by Gasteiger charge is 2.37. The molecule has 2 aromatic rings. The van der Waals surface area contributed by atoms with Crippen molar-refractivity contribution in [3.63, 3.8) is 0 Å². The second-order valence-electron chi connectivity index (χ2n) is 9.02. The van der Waals surface area contributed by atoms with E-state index in [0.717, 1.165) is 5.56 Å². The third-order valence-electron chi connectivity index (χ3n) is 6.23. The Kier molecular flexibility index (Phi) is 6.37. The van der Waals surface area contributed by atoms with Gasteiger partial charge in [-0.2, -0.15) is 0 Å². The Bertz CT molecular complexity index is 1250. The third kappa shape index (κ3) is 4.70. The van der Waals surface area contributed by atoms with Crippen LogP contribution >= 0.6 is 0 Å². The Morgan fingerprint density at radius 2 is 2.09 bits per heavy atom. The first-order chi connectivity index (χ1) is 15.6. The van der Waals surface area contributed by atoms with Crippen LogP contribution in [0.5, 0.6) is 0 Å². The summed E-state index contributed by atoms with van der Waals surface area (Å²) in [5, 5.41) is 9.27. The third-order valence-corrected chi connectivity index (χ3v) is 8.40. The molecule has 1 N–H and O–H groups in total. The number of hydrogen-bond donors (Lipinski definition) is 1. The number of hydrogen-bond acceptors (Lipinski definition) is 4. The summed E-state index contributed by atoms with van der Waals surface area (Å²) in [5.74, 6) is -0.812. The molecule has 0 radical (unpaired) electrons. The second kappa shape index (κ2) is 8.95. The predicted octanol–water partition coefficient (Wildman–Crippen LogP) is 3.93. The minimum Gasteiger partial charge on any atom is -0.491 e. The fourth-order valence-electron chi connectivity index (χ4n) is 4.61. The van der Waals surface area contributed by atoms with Crippen molar-refractivity contribution < 1.29 is 27.4 Å². The van der Waals surface area contributed by atoms with E-state index in [9.17, 15) is 22.7 Å². The van der Waals surface area contributed by atoms with Crippen LogP contribution in [0.3, 0.4) is 0 Å². The lowest BCUT2D eigenvalue weighted by molar-refractivity contribution is -0.137. The molecule has 1 aliphatic carbocycles. The maximum Gasteiger partial charge on any atom is 0.323 e. The summed E-state index contributed by atoms with van der Waals surface area (Å²) in [4.78, 5) is 11.3. The molecule has 0 spiro atoms. The number of carboxylic acids is 1. The number of aryl methyl sites for hydroxylation is 1. The van der Waals surface area contributed by atoms with Crippen LogP contribution in [0.25, 0.3) is 10.9 Å². The first-order valence-electron chi connectivity index (χ1n) is 11.1. The van der Waals surface area contributed by atoms with Crippen LogP contribution in [-0.4, -0.2) is 52.8 Å². The van der Waals surface area contributed by atoms with E-state index >= 15 is 0 Å². The molecule has 2 atom stereocenters. The smallest absolute Gasteiger partial charge is 0.323 e. The number of nitrogens with zero attached hydrogens (tertiary/aromatic N) is 2. The van der Waals surface area contributed by atoms with Gasteiger partial charge in [-0.05, 0) is 69.0 Å². The SMILES string of the molecule is Cc1cc2c(cc1F)c(C1CCN(S(=O)(=O)C3C=CC(OC(C)C)=CC3)C1)cn2CC(=O)O. The number of allylic oxidation sites excluding steroid dienone is 2. The Morgan fingerprint density at radius 3 is 2.73 bits per heavy atom. The van der Waals surface area contributed by atoms with Crippen LogP contribution in [0.15, 0.2) is 42.3 Å². The van der Waals surface area contributed by atoms with Crippen LogP contribution in [0.1, 0.15) is 43.7 Å². The van der Waals surface area contributed by atoms with Crippen molar-refractivity contribution in [1.82, 2.24) is 8.87 Å². The number of aliphatic carboxylic acids is 1. The van der Waals surface area contributed by atoms with Crippen molar-refractivity contribution in [3.05, 3.63) is 59.3 Å². The minimum atomic E-state index is -3.56.